The predicted molar refractivity (Wildman–Crippen MR) is 103 cm³/mol. The lowest BCUT2D eigenvalue weighted by atomic mass is 9.92. The SMILES string of the molecule is CC1CC(C)CN(CC(C)NC(=O)CCCNC(=O)c2ccsc2)C1. The van der Waals surface area contributed by atoms with Crippen molar-refractivity contribution in [1.82, 2.24) is 15.5 Å². The first kappa shape index (κ1) is 19.9. The van der Waals surface area contributed by atoms with Gasteiger partial charge in [0.15, 0.2) is 0 Å². The topological polar surface area (TPSA) is 61.4 Å². The van der Waals surface area contributed by atoms with Gasteiger partial charge in [0.2, 0.25) is 5.91 Å². The summed E-state index contributed by atoms with van der Waals surface area (Å²) in [7, 11) is 0. The van der Waals surface area contributed by atoms with E-state index in [9.17, 15) is 9.59 Å². The van der Waals surface area contributed by atoms with E-state index >= 15 is 0 Å². The lowest BCUT2D eigenvalue weighted by Crippen LogP contribution is -2.47. The lowest BCUT2D eigenvalue weighted by Gasteiger charge is -2.36. The first-order chi connectivity index (χ1) is 11.9. The van der Waals surface area contributed by atoms with E-state index in [4.69, 9.17) is 0 Å². The van der Waals surface area contributed by atoms with Crippen molar-refractivity contribution in [3.63, 3.8) is 0 Å². The van der Waals surface area contributed by atoms with Gasteiger partial charge in [-0.15, -0.1) is 0 Å². The van der Waals surface area contributed by atoms with Crippen molar-refractivity contribution in [2.75, 3.05) is 26.2 Å². The summed E-state index contributed by atoms with van der Waals surface area (Å²) >= 11 is 1.50. The Labute approximate surface area is 155 Å². The fourth-order valence-electron chi connectivity index (χ4n) is 3.67. The van der Waals surface area contributed by atoms with Crippen LogP contribution in [0.3, 0.4) is 0 Å². The third kappa shape index (κ3) is 7.16. The van der Waals surface area contributed by atoms with Crippen LogP contribution >= 0.6 is 11.3 Å². The molecule has 0 spiro atoms. The first-order valence-corrected chi connectivity index (χ1v) is 10.2. The first-order valence-electron chi connectivity index (χ1n) is 9.26. The number of thiophene rings is 1. The summed E-state index contributed by atoms with van der Waals surface area (Å²) in [5.74, 6) is 1.47. The number of nitrogens with one attached hydrogen (secondary N) is 2. The molecule has 1 saturated heterocycles. The molecule has 2 rings (SSSR count). The molecule has 140 valence electrons. The zero-order chi connectivity index (χ0) is 18.2. The molecule has 1 aromatic heterocycles. The molecule has 2 heterocycles. The third-order valence-corrected chi connectivity index (χ3v) is 5.22. The number of carbonyl (C=O) groups is 2. The van der Waals surface area contributed by atoms with Gasteiger partial charge in [-0.2, -0.15) is 11.3 Å². The Balaban J connectivity index is 1.59. The standard InChI is InChI=1S/C19H31N3O2S/c1-14-9-15(2)11-22(10-14)12-16(3)21-18(23)5-4-7-20-19(24)17-6-8-25-13-17/h6,8,13-16H,4-5,7,9-12H2,1-3H3,(H,20,24)(H,21,23). The van der Waals surface area contributed by atoms with Crippen molar-refractivity contribution in [3.8, 4) is 0 Å². The van der Waals surface area contributed by atoms with Crippen LogP contribution in [-0.4, -0.2) is 48.9 Å². The summed E-state index contributed by atoms with van der Waals surface area (Å²) in [6, 6.07) is 1.96. The summed E-state index contributed by atoms with van der Waals surface area (Å²) in [5, 5.41) is 9.64. The molecule has 0 bridgehead atoms. The molecule has 0 radical (unpaired) electrons. The molecule has 1 aromatic rings. The van der Waals surface area contributed by atoms with Crippen molar-refractivity contribution in [1.29, 1.82) is 0 Å². The fourth-order valence-corrected chi connectivity index (χ4v) is 4.30. The fraction of sp³-hybridized carbons (Fsp3) is 0.684. The van der Waals surface area contributed by atoms with Crippen molar-refractivity contribution in [3.05, 3.63) is 22.4 Å². The molecule has 0 aromatic carbocycles. The van der Waals surface area contributed by atoms with Crippen LogP contribution in [0.1, 0.15) is 50.4 Å². The number of likely N-dealkylation sites (tertiary alicyclic amines) is 1. The number of rotatable bonds is 8. The Morgan fingerprint density at radius 2 is 2.04 bits per heavy atom. The van der Waals surface area contributed by atoms with E-state index in [2.05, 4.69) is 36.3 Å². The van der Waals surface area contributed by atoms with Gasteiger partial charge in [-0.3, -0.25) is 9.59 Å². The highest BCUT2D eigenvalue weighted by Crippen LogP contribution is 2.20. The van der Waals surface area contributed by atoms with E-state index in [1.165, 1.54) is 17.8 Å². The van der Waals surface area contributed by atoms with E-state index in [0.717, 1.165) is 31.5 Å². The van der Waals surface area contributed by atoms with Gasteiger partial charge in [0.1, 0.15) is 0 Å². The Hall–Kier alpha value is -1.40. The van der Waals surface area contributed by atoms with E-state index in [1.54, 1.807) is 6.07 Å². The van der Waals surface area contributed by atoms with E-state index in [1.807, 2.05) is 10.8 Å². The normalized spacial score (nSPS) is 22.4. The Kier molecular flexibility index (Phi) is 7.90. The summed E-state index contributed by atoms with van der Waals surface area (Å²) in [6.07, 6.45) is 2.40. The van der Waals surface area contributed by atoms with Crippen molar-refractivity contribution < 1.29 is 9.59 Å². The quantitative estimate of drug-likeness (QED) is 0.697. The summed E-state index contributed by atoms with van der Waals surface area (Å²) in [4.78, 5) is 26.3. The second kappa shape index (κ2) is 9.92. The van der Waals surface area contributed by atoms with E-state index < -0.39 is 0 Å². The van der Waals surface area contributed by atoms with Gasteiger partial charge in [-0.05, 0) is 43.0 Å². The molecule has 1 aliphatic heterocycles. The molecule has 2 amide bonds. The zero-order valence-corrected chi connectivity index (χ0v) is 16.4. The Bertz CT molecular complexity index is 537. The van der Waals surface area contributed by atoms with Gasteiger partial charge < -0.3 is 15.5 Å². The minimum atomic E-state index is -0.0663. The van der Waals surface area contributed by atoms with Crippen molar-refractivity contribution in [2.24, 2.45) is 11.8 Å². The molecule has 25 heavy (non-hydrogen) atoms. The molecule has 0 saturated carbocycles. The molecule has 3 atom stereocenters. The van der Waals surface area contributed by atoms with E-state index in [-0.39, 0.29) is 17.9 Å². The molecule has 1 fully saturated rings. The molecule has 1 aliphatic rings. The second-order valence-corrected chi connectivity index (χ2v) is 8.28. The number of hydrogen-bond acceptors (Lipinski definition) is 4. The minimum Gasteiger partial charge on any atom is -0.352 e. The van der Waals surface area contributed by atoms with E-state index in [0.29, 0.717) is 24.9 Å². The van der Waals surface area contributed by atoms with Crippen LogP contribution in [0.5, 0.6) is 0 Å². The number of nitrogens with zero attached hydrogens (tertiary/aromatic N) is 1. The third-order valence-electron chi connectivity index (χ3n) is 4.53. The second-order valence-electron chi connectivity index (χ2n) is 7.50. The highest BCUT2D eigenvalue weighted by molar-refractivity contribution is 7.08. The molecule has 6 heteroatoms. The van der Waals surface area contributed by atoms with Crippen LogP contribution in [0.4, 0.5) is 0 Å². The summed E-state index contributed by atoms with van der Waals surface area (Å²) in [6.45, 7) is 10.4. The Morgan fingerprint density at radius 1 is 1.32 bits per heavy atom. The van der Waals surface area contributed by atoms with Gasteiger partial charge in [-0.1, -0.05) is 13.8 Å². The van der Waals surface area contributed by atoms with Gasteiger partial charge in [0.25, 0.3) is 5.91 Å². The molecule has 0 aliphatic carbocycles. The van der Waals surface area contributed by atoms with Gasteiger partial charge in [-0.25, -0.2) is 0 Å². The molecule has 3 unspecified atom stereocenters. The summed E-state index contributed by atoms with van der Waals surface area (Å²) < 4.78 is 0. The largest absolute Gasteiger partial charge is 0.352 e. The molecule has 5 nitrogen and oxygen atoms in total. The van der Waals surface area contributed by atoms with Gasteiger partial charge in [0, 0.05) is 49.6 Å². The predicted octanol–water partition coefficient (Wildman–Crippen LogP) is 2.74. The number of piperidine rings is 1. The van der Waals surface area contributed by atoms with Crippen LogP contribution in [0.25, 0.3) is 0 Å². The Morgan fingerprint density at radius 3 is 2.68 bits per heavy atom. The van der Waals surface area contributed by atoms with Crippen LogP contribution in [0.15, 0.2) is 16.8 Å². The average Bonchev–Trinajstić information content (AvgIpc) is 3.04. The van der Waals surface area contributed by atoms with Gasteiger partial charge >= 0.3 is 0 Å². The highest BCUT2D eigenvalue weighted by Gasteiger charge is 2.23. The lowest BCUT2D eigenvalue weighted by molar-refractivity contribution is -0.121. The summed E-state index contributed by atoms with van der Waals surface area (Å²) in [5.41, 5.74) is 0.688. The molecule has 2 N–H and O–H groups in total. The zero-order valence-electron chi connectivity index (χ0n) is 15.6. The minimum absolute atomic E-state index is 0.0652. The maximum atomic E-state index is 12.1. The van der Waals surface area contributed by atoms with Crippen LogP contribution in [0, 0.1) is 11.8 Å². The highest BCUT2D eigenvalue weighted by atomic mass is 32.1. The number of amides is 2. The number of carbonyl (C=O) groups excluding carboxylic acids is 2. The number of hydrogen-bond donors (Lipinski definition) is 2. The van der Waals surface area contributed by atoms with Crippen LogP contribution < -0.4 is 10.6 Å². The molecular formula is C19H31N3O2S. The maximum absolute atomic E-state index is 12.1. The maximum Gasteiger partial charge on any atom is 0.252 e. The smallest absolute Gasteiger partial charge is 0.252 e. The monoisotopic (exact) mass is 365 g/mol. The van der Waals surface area contributed by atoms with Crippen molar-refractivity contribution >= 4 is 23.2 Å². The van der Waals surface area contributed by atoms with Gasteiger partial charge in [0.05, 0.1) is 0 Å². The average molecular weight is 366 g/mol. The van der Waals surface area contributed by atoms with Crippen molar-refractivity contribution in [2.45, 2.75) is 46.1 Å². The molecular weight excluding hydrogens is 334 g/mol. The van der Waals surface area contributed by atoms with Crippen LogP contribution in [0.2, 0.25) is 0 Å². The van der Waals surface area contributed by atoms with Crippen LogP contribution in [-0.2, 0) is 4.79 Å².